The second-order valence-corrected chi connectivity index (χ2v) is 9.60. The molecule has 1 N–H and O–H groups in total. The summed E-state index contributed by atoms with van der Waals surface area (Å²) in [6.45, 7) is 10.9. The molecule has 1 unspecified atom stereocenters. The van der Waals surface area contributed by atoms with Crippen molar-refractivity contribution in [2.75, 3.05) is 85.9 Å². The van der Waals surface area contributed by atoms with Gasteiger partial charge in [-0.05, 0) is 24.0 Å². The Bertz CT molecular complexity index is 726. The highest BCUT2D eigenvalue weighted by atomic mass is 16.6. The summed E-state index contributed by atoms with van der Waals surface area (Å²) in [4.78, 5) is 11.9. The van der Waals surface area contributed by atoms with E-state index < -0.39 is 12.1 Å². The van der Waals surface area contributed by atoms with E-state index in [1.165, 1.54) is 56.6 Å². The molecule has 236 valence electrons. The van der Waals surface area contributed by atoms with Gasteiger partial charge in [0.05, 0.1) is 85.9 Å². The van der Waals surface area contributed by atoms with E-state index in [0.717, 1.165) is 12.0 Å². The molecule has 0 bridgehead atoms. The van der Waals surface area contributed by atoms with Crippen LogP contribution in [0.4, 0.5) is 0 Å². The van der Waals surface area contributed by atoms with Gasteiger partial charge in [-0.1, -0.05) is 76.3 Å². The van der Waals surface area contributed by atoms with Crippen molar-refractivity contribution in [1.82, 2.24) is 0 Å². The van der Waals surface area contributed by atoms with E-state index in [2.05, 4.69) is 25.6 Å². The molecule has 1 aromatic carbocycles. The maximum atomic E-state index is 11.9. The monoisotopic (exact) mass is 582 g/mol. The molecule has 0 amide bonds. The lowest BCUT2D eigenvalue weighted by atomic mass is 10.0. The Balaban J connectivity index is 2.11. The molecule has 9 nitrogen and oxygen atoms in total. The van der Waals surface area contributed by atoms with Crippen LogP contribution < -0.4 is 0 Å². The van der Waals surface area contributed by atoms with Gasteiger partial charge in [0.25, 0.3) is 0 Å². The van der Waals surface area contributed by atoms with Crippen molar-refractivity contribution < 1.29 is 43.1 Å². The maximum absolute atomic E-state index is 11.9. The molecule has 1 rings (SSSR count). The lowest BCUT2D eigenvalue weighted by Crippen LogP contribution is -2.18. The summed E-state index contributed by atoms with van der Waals surface area (Å²) in [5.41, 5.74) is 2.20. The van der Waals surface area contributed by atoms with Crippen molar-refractivity contribution in [3.63, 3.8) is 0 Å². The Morgan fingerprint density at radius 2 is 1.17 bits per heavy atom. The second kappa shape index (κ2) is 28.3. The van der Waals surface area contributed by atoms with Crippen molar-refractivity contribution in [3.05, 3.63) is 48.0 Å². The summed E-state index contributed by atoms with van der Waals surface area (Å²) in [6, 6.07) is 8.26. The van der Waals surface area contributed by atoms with Gasteiger partial charge in [-0.2, -0.15) is 0 Å². The third kappa shape index (κ3) is 22.4. The zero-order valence-corrected chi connectivity index (χ0v) is 25.2. The Labute approximate surface area is 247 Å². The van der Waals surface area contributed by atoms with Crippen molar-refractivity contribution >= 4 is 5.97 Å². The van der Waals surface area contributed by atoms with E-state index >= 15 is 0 Å². The highest BCUT2D eigenvalue weighted by Gasteiger charge is 2.16. The summed E-state index contributed by atoms with van der Waals surface area (Å²) in [7, 11) is 0. The predicted molar refractivity (Wildman–Crippen MR) is 159 cm³/mol. The van der Waals surface area contributed by atoms with Gasteiger partial charge >= 0.3 is 5.97 Å². The number of rotatable bonds is 30. The third-order valence-electron chi connectivity index (χ3n) is 6.21. The minimum absolute atomic E-state index is 0.0201. The van der Waals surface area contributed by atoms with Crippen LogP contribution in [-0.2, 0) is 44.4 Å². The number of carbonyl (C=O) groups is 1. The first-order valence-corrected chi connectivity index (χ1v) is 15.2. The molecule has 0 spiro atoms. The van der Waals surface area contributed by atoms with Crippen LogP contribution in [0.25, 0.3) is 0 Å². The average molecular weight is 583 g/mol. The average Bonchev–Trinajstić information content (AvgIpc) is 2.99. The van der Waals surface area contributed by atoms with E-state index in [4.69, 9.17) is 38.3 Å². The molecule has 0 heterocycles. The Morgan fingerprint density at radius 3 is 1.66 bits per heavy atom. The fourth-order valence-corrected chi connectivity index (χ4v) is 3.93. The number of aliphatic hydroxyl groups is 1. The van der Waals surface area contributed by atoms with Crippen LogP contribution in [0.3, 0.4) is 0 Å². The van der Waals surface area contributed by atoms with Crippen LogP contribution in [0.5, 0.6) is 0 Å². The molecule has 9 heteroatoms. The van der Waals surface area contributed by atoms with Gasteiger partial charge in [-0.25, -0.2) is 4.79 Å². The van der Waals surface area contributed by atoms with Gasteiger partial charge in [-0.3, -0.25) is 0 Å². The molecule has 1 aromatic rings. The third-order valence-corrected chi connectivity index (χ3v) is 6.21. The lowest BCUT2D eigenvalue weighted by Gasteiger charge is -2.18. The van der Waals surface area contributed by atoms with Gasteiger partial charge in [0.2, 0.25) is 0 Å². The van der Waals surface area contributed by atoms with Gasteiger partial charge in [-0.15, -0.1) is 0 Å². The molecular weight excluding hydrogens is 528 g/mol. The van der Waals surface area contributed by atoms with Crippen molar-refractivity contribution in [2.24, 2.45) is 0 Å². The standard InChI is InChI=1S/C32H54O9/c1-3-5-6-7-8-9-10-11-29-12-14-30(15-13-29)31(41-32(34)4-2)28-40-27-26-39-25-24-38-23-22-37-21-20-36-19-18-35-17-16-33/h4,12-15,31,33H,2-3,5-11,16-28H2,1H3. The lowest BCUT2D eigenvalue weighted by molar-refractivity contribution is -0.147. The first-order valence-electron chi connectivity index (χ1n) is 15.2. The number of aryl methyl sites for hydroxylation is 1. The van der Waals surface area contributed by atoms with E-state index in [1.807, 2.05) is 12.1 Å². The van der Waals surface area contributed by atoms with E-state index in [9.17, 15) is 4.79 Å². The molecule has 0 radical (unpaired) electrons. The minimum Gasteiger partial charge on any atom is -0.452 e. The number of carbonyl (C=O) groups excluding carboxylic acids is 1. The molecule has 41 heavy (non-hydrogen) atoms. The molecule has 0 aliphatic heterocycles. The number of benzene rings is 1. The Kier molecular flexibility index (Phi) is 25.6. The number of aliphatic hydroxyl groups excluding tert-OH is 1. The summed E-state index contributed by atoms with van der Waals surface area (Å²) in [6.07, 6.45) is 10.8. The number of hydrogen-bond donors (Lipinski definition) is 1. The second-order valence-electron chi connectivity index (χ2n) is 9.60. The van der Waals surface area contributed by atoms with Gasteiger partial charge < -0.3 is 38.3 Å². The highest BCUT2D eigenvalue weighted by Crippen LogP contribution is 2.20. The summed E-state index contributed by atoms with van der Waals surface area (Å²) in [5, 5.41) is 8.60. The maximum Gasteiger partial charge on any atom is 0.330 e. The van der Waals surface area contributed by atoms with Crippen molar-refractivity contribution in [1.29, 1.82) is 0 Å². The topological polar surface area (TPSA) is 102 Å². The molecule has 0 aliphatic rings. The summed E-state index contributed by atoms with van der Waals surface area (Å²) < 4.78 is 38.2. The largest absolute Gasteiger partial charge is 0.452 e. The number of ether oxygens (including phenoxy) is 7. The highest BCUT2D eigenvalue weighted by molar-refractivity contribution is 5.81. The van der Waals surface area contributed by atoms with Crippen LogP contribution >= 0.6 is 0 Å². The number of esters is 1. The van der Waals surface area contributed by atoms with Gasteiger partial charge in [0, 0.05) is 6.08 Å². The van der Waals surface area contributed by atoms with Crippen LogP contribution in [-0.4, -0.2) is 97.0 Å². The van der Waals surface area contributed by atoms with Crippen LogP contribution in [0.1, 0.15) is 69.1 Å². The molecular formula is C32H54O9. The van der Waals surface area contributed by atoms with Crippen molar-refractivity contribution in [2.45, 2.75) is 64.4 Å². The molecule has 0 aromatic heterocycles. The zero-order valence-electron chi connectivity index (χ0n) is 25.2. The fourth-order valence-electron chi connectivity index (χ4n) is 3.93. The molecule has 0 aliphatic carbocycles. The fraction of sp³-hybridized carbons (Fsp3) is 0.719. The number of hydrogen-bond acceptors (Lipinski definition) is 9. The SMILES string of the molecule is C=CC(=O)OC(COCCOCCOCCOCCOCCOCCO)c1ccc(CCCCCCCCC)cc1. The van der Waals surface area contributed by atoms with Crippen LogP contribution in [0.2, 0.25) is 0 Å². The van der Waals surface area contributed by atoms with Gasteiger partial charge in [0.1, 0.15) is 0 Å². The Morgan fingerprint density at radius 1 is 0.707 bits per heavy atom. The van der Waals surface area contributed by atoms with E-state index in [1.54, 1.807) is 0 Å². The van der Waals surface area contributed by atoms with E-state index in [0.29, 0.717) is 72.7 Å². The van der Waals surface area contributed by atoms with Gasteiger partial charge in [0.15, 0.2) is 6.10 Å². The number of unbranched alkanes of at least 4 members (excludes halogenated alkanes) is 6. The normalized spacial score (nSPS) is 12.0. The van der Waals surface area contributed by atoms with Crippen LogP contribution in [0, 0.1) is 0 Å². The minimum atomic E-state index is -0.499. The zero-order chi connectivity index (χ0) is 29.6. The molecule has 0 fully saturated rings. The smallest absolute Gasteiger partial charge is 0.330 e. The molecule has 1 atom stereocenters. The first-order chi connectivity index (χ1) is 20.2. The predicted octanol–water partition coefficient (Wildman–Crippen LogP) is 4.84. The molecule has 0 saturated heterocycles. The van der Waals surface area contributed by atoms with Crippen LogP contribution in [0.15, 0.2) is 36.9 Å². The molecule has 0 saturated carbocycles. The first kappa shape index (κ1) is 37.2. The Hall–Kier alpha value is -1.85. The van der Waals surface area contributed by atoms with E-state index in [-0.39, 0.29) is 13.2 Å². The summed E-state index contributed by atoms with van der Waals surface area (Å²) in [5.74, 6) is -0.473. The van der Waals surface area contributed by atoms with Crippen molar-refractivity contribution in [3.8, 4) is 0 Å². The summed E-state index contributed by atoms with van der Waals surface area (Å²) >= 11 is 0. The quantitative estimate of drug-likeness (QED) is 0.0775.